The van der Waals surface area contributed by atoms with Gasteiger partial charge in [0.2, 0.25) is 0 Å². The Bertz CT molecular complexity index is 640. The summed E-state index contributed by atoms with van der Waals surface area (Å²) in [5.74, 6) is 0.841. The number of ether oxygens (including phenoxy) is 1. The van der Waals surface area contributed by atoms with E-state index in [2.05, 4.69) is 66.8 Å². The fourth-order valence-electron chi connectivity index (χ4n) is 3.71. The topological polar surface area (TPSA) is 41.5 Å². The first-order valence-electron chi connectivity index (χ1n) is 11.6. The van der Waals surface area contributed by atoms with E-state index in [1.165, 1.54) is 5.56 Å². The smallest absolute Gasteiger partial charge is 0.875 e. The normalized spacial score (nSPS) is 16.9. The molecular formula is C26H45LiO3Si. The molecule has 31 heavy (non-hydrogen) atoms. The molecule has 0 unspecified atom stereocenters. The standard InChI is InChI=1S/C26H46O3Si.Li/c1-10-23(24(27)11-2)25(29-30(8,9)26(5,6)7)21(4)17-20(3)18-28-19-22-15-13-12-14-16-22;/h11-16,20-21,23,25,27H,10,17-19H2,1-9H3;/q;+1/p-1/b24-11+;/t20-,21+,23+,25+;/m1./s1. The van der Waals surface area contributed by atoms with E-state index in [4.69, 9.17) is 9.16 Å². The maximum absolute atomic E-state index is 12.7. The minimum Gasteiger partial charge on any atom is -0.875 e. The summed E-state index contributed by atoms with van der Waals surface area (Å²) in [5, 5.41) is 12.8. The molecule has 0 N–H and O–H groups in total. The minimum atomic E-state index is -1.99. The summed E-state index contributed by atoms with van der Waals surface area (Å²) in [5.41, 5.74) is 1.20. The molecule has 0 aliphatic rings. The molecular weight excluding hydrogens is 395 g/mol. The molecule has 0 radical (unpaired) electrons. The van der Waals surface area contributed by atoms with Crippen LogP contribution in [0, 0.1) is 17.8 Å². The van der Waals surface area contributed by atoms with Gasteiger partial charge in [0.15, 0.2) is 8.32 Å². The molecule has 0 fully saturated rings. The second kappa shape index (κ2) is 13.9. The molecule has 0 saturated carbocycles. The molecule has 0 bridgehead atoms. The first-order chi connectivity index (χ1) is 13.9. The van der Waals surface area contributed by atoms with Gasteiger partial charge in [-0.15, -0.1) is 5.76 Å². The van der Waals surface area contributed by atoms with Crippen LogP contribution in [0.4, 0.5) is 0 Å². The average Bonchev–Trinajstić information content (AvgIpc) is 2.67. The van der Waals surface area contributed by atoms with Gasteiger partial charge in [-0.05, 0) is 61.2 Å². The molecule has 3 nitrogen and oxygen atoms in total. The van der Waals surface area contributed by atoms with Crippen LogP contribution in [0.3, 0.4) is 0 Å². The fraction of sp³-hybridized carbons (Fsp3) is 0.692. The van der Waals surface area contributed by atoms with Gasteiger partial charge in [0.25, 0.3) is 0 Å². The van der Waals surface area contributed by atoms with E-state index in [1.54, 1.807) is 6.08 Å². The Labute approximate surface area is 205 Å². The van der Waals surface area contributed by atoms with Crippen molar-refractivity contribution in [3.05, 3.63) is 47.7 Å². The number of hydrogen-bond donors (Lipinski definition) is 0. The van der Waals surface area contributed by atoms with Crippen molar-refractivity contribution in [2.45, 2.75) is 92.2 Å². The molecule has 1 aromatic rings. The second-order valence-corrected chi connectivity index (χ2v) is 15.1. The summed E-state index contributed by atoms with van der Waals surface area (Å²) in [7, 11) is -1.99. The Morgan fingerprint density at radius 1 is 1.13 bits per heavy atom. The molecule has 0 amide bonds. The van der Waals surface area contributed by atoms with Gasteiger partial charge < -0.3 is 14.3 Å². The van der Waals surface area contributed by atoms with Gasteiger partial charge in [-0.2, -0.15) is 0 Å². The summed E-state index contributed by atoms with van der Waals surface area (Å²) < 4.78 is 12.8. The quantitative estimate of drug-likeness (QED) is 0.369. The first kappa shape index (κ1) is 30.5. The predicted molar refractivity (Wildman–Crippen MR) is 129 cm³/mol. The second-order valence-electron chi connectivity index (χ2n) is 10.4. The third-order valence-electron chi connectivity index (χ3n) is 6.57. The number of rotatable bonds is 12. The maximum Gasteiger partial charge on any atom is 1.00 e. The van der Waals surface area contributed by atoms with Crippen LogP contribution in [-0.2, 0) is 15.8 Å². The van der Waals surface area contributed by atoms with Gasteiger partial charge in [0.1, 0.15) is 0 Å². The molecule has 0 spiro atoms. The molecule has 1 rings (SSSR count). The van der Waals surface area contributed by atoms with E-state index in [9.17, 15) is 5.11 Å². The largest absolute Gasteiger partial charge is 1.00 e. The average molecular weight is 441 g/mol. The van der Waals surface area contributed by atoms with Crippen molar-refractivity contribution in [3.8, 4) is 0 Å². The van der Waals surface area contributed by atoms with E-state index in [0.717, 1.165) is 19.4 Å². The molecule has 1 aromatic carbocycles. The van der Waals surface area contributed by atoms with E-state index in [1.807, 2.05) is 25.1 Å². The molecule has 5 heteroatoms. The Morgan fingerprint density at radius 3 is 2.19 bits per heavy atom. The van der Waals surface area contributed by atoms with Crippen LogP contribution in [0.2, 0.25) is 18.1 Å². The van der Waals surface area contributed by atoms with Crippen LogP contribution in [0.25, 0.3) is 0 Å². The van der Waals surface area contributed by atoms with Crippen LogP contribution < -0.4 is 24.0 Å². The Morgan fingerprint density at radius 2 is 1.71 bits per heavy atom. The van der Waals surface area contributed by atoms with Gasteiger partial charge in [-0.1, -0.05) is 78.0 Å². The van der Waals surface area contributed by atoms with Crippen LogP contribution in [0.1, 0.15) is 66.9 Å². The van der Waals surface area contributed by atoms with Crippen molar-refractivity contribution in [1.29, 1.82) is 0 Å². The molecule has 172 valence electrons. The molecule has 0 aromatic heterocycles. The zero-order valence-electron chi connectivity index (χ0n) is 21.8. The van der Waals surface area contributed by atoms with Crippen LogP contribution in [0.5, 0.6) is 0 Å². The zero-order valence-corrected chi connectivity index (χ0v) is 22.8. The van der Waals surface area contributed by atoms with Crippen LogP contribution in [-0.4, -0.2) is 21.0 Å². The SMILES string of the molecule is C/C=C(/[O-])[C@H](CC)[C@@H](O[Si](C)(C)C(C)(C)C)[C@@H](C)C[C@@H](C)COCc1ccccc1.[Li+]. The van der Waals surface area contributed by atoms with Crippen molar-refractivity contribution in [2.24, 2.45) is 17.8 Å². The summed E-state index contributed by atoms with van der Waals surface area (Å²) in [4.78, 5) is 0. The van der Waals surface area contributed by atoms with Crippen LogP contribution >= 0.6 is 0 Å². The predicted octanol–water partition coefficient (Wildman–Crippen LogP) is 3.55. The summed E-state index contributed by atoms with van der Waals surface area (Å²) in [6.07, 6.45) is 3.47. The van der Waals surface area contributed by atoms with E-state index < -0.39 is 8.32 Å². The van der Waals surface area contributed by atoms with Gasteiger partial charge in [0, 0.05) is 6.61 Å². The van der Waals surface area contributed by atoms with Crippen molar-refractivity contribution in [2.75, 3.05) is 6.61 Å². The minimum absolute atomic E-state index is 0. The Balaban J connectivity index is 0.00000900. The molecule has 0 heterocycles. The van der Waals surface area contributed by atoms with Crippen molar-refractivity contribution >= 4 is 8.32 Å². The van der Waals surface area contributed by atoms with Crippen molar-refractivity contribution < 1.29 is 33.1 Å². The number of allylic oxidation sites excluding steroid dienone is 1. The van der Waals surface area contributed by atoms with E-state index in [0.29, 0.717) is 18.4 Å². The zero-order chi connectivity index (χ0) is 22.9. The van der Waals surface area contributed by atoms with Crippen molar-refractivity contribution in [1.82, 2.24) is 0 Å². The van der Waals surface area contributed by atoms with Gasteiger partial charge >= 0.3 is 18.9 Å². The Kier molecular flexibility index (Phi) is 13.7. The molecule has 0 aliphatic carbocycles. The molecule has 0 aliphatic heterocycles. The van der Waals surface area contributed by atoms with E-state index in [-0.39, 0.29) is 41.7 Å². The van der Waals surface area contributed by atoms with E-state index >= 15 is 0 Å². The molecule has 0 saturated heterocycles. The monoisotopic (exact) mass is 440 g/mol. The van der Waals surface area contributed by atoms with Gasteiger partial charge in [0.05, 0.1) is 12.7 Å². The maximum atomic E-state index is 12.7. The third-order valence-corrected chi connectivity index (χ3v) is 11.0. The fourth-order valence-corrected chi connectivity index (χ4v) is 5.14. The number of hydrogen-bond acceptors (Lipinski definition) is 3. The number of benzene rings is 1. The van der Waals surface area contributed by atoms with Gasteiger partial charge in [-0.3, -0.25) is 0 Å². The third kappa shape index (κ3) is 9.88. The van der Waals surface area contributed by atoms with Gasteiger partial charge in [-0.25, -0.2) is 0 Å². The molecule has 4 atom stereocenters. The Hall–Kier alpha value is -0.506. The van der Waals surface area contributed by atoms with Crippen LogP contribution in [0.15, 0.2) is 42.2 Å². The summed E-state index contributed by atoms with van der Waals surface area (Å²) in [6.45, 7) is 21.1. The summed E-state index contributed by atoms with van der Waals surface area (Å²) in [6, 6.07) is 10.3. The first-order valence-corrected chi connectivity index (χ1v) is 14.5. The summed E-state index contributed by atoms with van der Waals surface area (Å²) >= 11 is 0. The van der Waals surface area contributed by atoms with Crippen molar-refractivity contribution in [3.63, 3.8) is 0 Å².